The van der Waals surface area contributed by atoms with Crippen LogP contribution in [0.1, 0.15) is 27.7 Å². The van der Waals surface area contributed by atoms with Gasteiger partial charge in [-0.2, -0.15) is 0 Å². The minimum Gasteiger partial charge on any atom is -0.435 e. The molecule has 6 heteroatoms. The van der Waals surface area contributed by atoms with Crippen LogP contribution in [0.3, 0.4) is 0 Å². The molecule has 0 saturated carbocycles. The molecule has 1 saturated heterocycles. The van der Waals surface area contributed by atoms with Crippen LogP contribution < -0.4 is 0 Å². The highest BCUT2D eigenvalue weighted by molar-refractivity contribution is 5.37. The number of hydrogen-bond acceptors (Lipinski definition) is 6. The fraction of sp³-hybridized carbons (Fsp3) is 0.909. The van der Waals surface area contributed by atoms with Gasteiger partial charge in [-0.05, 0) is 20.8 Å². The zero-order valence-corrected chi connectivity index (χ0v) is 10.5. The van der Waals surface area contributed by atoms with Crippen molar-refractivity contribution in [1.82, 2.24) is 0 Å². The minimum atomic E-state index is -1.11. The van der Waals surface area contributed by atoms with Gasteiger partial charge in [-0.3, -0.25) is 4.79 Å². The quantitative estimate of drug-likeness (QED) is 0.685. The number of carbonyl (C=O) groups is 1. The molecule has 100 valence electrons. The predicted octanol–water partition coefficient (Wildman–Crippen LogP) is 0.0148. The van der Waals surface area contributed by atoms with Crippen LogP contribution in [0.15, 0.2) is 0 Å². The van der Waals surface area contributed by atoms with E-state index in [1.165, 1.54) is 0 Å². The Kier molecular flexibility index (Phi) is 4.48. The fourth-order valence-electron chi connectivity index (χ4n) is 1.60. The van der Waals surface area contributed by atoms with Gasteiger partial charge in [0.1, 0.15) is 12.2 Å². The number of hydrogen-bond donors (Lipinski definition) is 2. The molecule has 0 spiro atoms. The van der Waals surface area contributed by atoms with Crippen LogP contribution in [0.25, 0.3) is 0 Å². The van der Waals surface area contributed by atoms with Gasteiger partial charge in [0.25, 0.3) is 6.47 Å². The highest BCUT2D eigenvalue weighted by atomic mass is 16.8. The van der Waals surface area contributed by atoms with Crippen LogP contribution >= 0.6 is 0 Å². The molecule has 1 rings (SSSR count). The van der Waals surface area contributed by atoms with Gasteiger partial charge >= 0.3 is 0 Å². The van der Waals surface area contributed by atoms with E-state index < -0.39 is 36.3 Å². The van der Waals surface area contributed by atoms with Gasteiger partial charge in [0.15, 0.2) is 6.29 Å². The van der Waals surface area contributed by atoms with E-state index in [2.05, 4.69) is 4.74 Å². The molecule has 1 unspecified atom stereocenters. The molecule has 1 aliphatic heterocycles. The lowest BCUT2D eigenvalue weighted by atomic mass is 9.94. The molecule has 0 radical (unpaired) electrons. The molecule has 0 bridgehead atoms. The van der Waals surface area contributed by atoms with Crippen molar-refractivity contribution in [1.29, 1.82) is 0 Å². The topological polar surface area (TPSA) is 85.2 Å². The summed E-state index contributed by atoms with van der Waals surface area (Å²) in [6.45, 7) is 7.28. The molecule has 0 amide bonds. The molecule has 0 aromatic heterocycles. The highest BCUT2D eigenvalue weighted by Gasteiger charge is 2.45. The molecule has 2 N–H and O–H groups in total. The Labute approximate surface area is 100 Å². The summed E-state index contributed by atoms with van der Waals surface area (Å²) in [6, 6.07) is 0. The van der Waals surface area contributed by atoms with E-state index >= 15 is 0 Å². The van der Waals surface area contributed by atoms with Crippen molar-refractivity contribution in [3.63, 3.8) is 0 Å². The van der Waals surface area contributed by atoms with Crippen LogP contribution in [-0.4, -0.2) is 47.1 Å². The van der Waals surface area contributed by atoms with Crippen LogP contribution in [0.4, 0.5) is 0 Å². The van der Waals surface area contributed by atoms with Gasteiger partial charge in [0, 0.05) is 5.92 Å². The van der Waals surface area contributed by atoms with E-state index in [4.69, 9.17) is 9.47 Å². The second-order valence-corrected chi connectivity index (χ2v) is 5.18. The summed E-state index contributed by atoms with van der Waals surface area (Å²) >= 11 is 0. The number of rotatable bonds is 3. The Hall–Kier alpha value is -0.690. The monoisotopic (exact) mass is 248 g/mol. The zero-order valence-electron chi connectivity index (χ0n) is 10.5. The molecule has 1 aliphatic rings. The second kappa shape index (κ2) is 5.30. The van der Waals surface area contributed by atoms with Crippen LogP contribution in [0.2, 0.25) is 0 Å². The van der Waals surface area contributed by atoms with Crippen molar-refractivity contribution in [3.05, 3.63) is 0 Å². The first kappa shape index (κ1) is 14.4. The van der Waals surface area contributed by atoms with Crippen molar-refractivity contribution in [2.24, 2.45) is 5.92 Å². The van der Waals surface area contributed by atoms with E-state index in [-0.39, 0.29) is 6.47 Å². The largest absolute Gasteiger partial charge is 0.435 e. The third-order valence-electron chi connectivity index (χ3n) is 2.56. The second-order valence-electron chi connectivity index (χ2n) is 5.18. The predicted molar refractivity (Wildman–Crippen MR) is 57.8 cm³/mol. The third-order valence-corrected chi connectivity index (χ3v) is 2.56. The first-order chi connectivity index (χ1) is 7.76. The summed E-state index contributed by atoms with van der Waals surface area (Å²) in [7, 11) is 0. The van der Waals surface area contributed by atoms with Gasteiger partial charge in [0.2, 0.25) is 6.29 Å². The van der Waals surface area contributed by atoms with E-state index in [0.717, 1.165) is 0 Å². The van der Waals surface area contributed by atoms with Crippen LogP contribution in [0, 0.1) is 5.92 Å². The minimum absolute atomic E-state index is 0.201. The summed E-state index contributed by atoms with van der Waals surface area (Å²) in [6.07, 6.45) is -4.10. The maximum Gasteiger partial charge on any atom is 0.295 e. The highest BCUT2D eigenvalue weighted by Crippen LogP contribution is 2.29. The Morgan fingerprint density at radius 1 is 1.18 bits per heavy atom. The summed E-state index contributed by atoms with van der Waals surface area (Å²) < 4.78 is 15.3. The van der Waals surface area contributed by atoms with Crippen molar-refractivity contribution < 1.29 is 29.2 Å². The van der Waals surface area contributed by atoms with E-state index in [1.807, 2.05) is 20.8 Å². The number of aliphatic hydroxyl groups is 2. The number of carbonyl (C=O) groups excluding carboxylic acids is 1. The van der Waals surface area contributed by atoms with E-state index in [9.17, 15) is 15.0 Å². The Balaban J connectivity index is 2.74. The normalized spacial score (nSPS) is 38.8. The summed E-state index contributed by atoms with van der Waals surface area (Å²) in [5, 5.41) is 19.6. The average Bonchev–Trinajstić information content (AvgIpc) is 2.20. The lowest BCUT2D eigenvalue weighted by molar-refractivity contribution is -0.345. The molecule has 1 fully saturated rings. The Morgan fingerprint density at radius 2 is 1.71 bits per heavy atom. The third kappa shape index (κ3) is 3.64. The Morgan fingerprint density at radius 3 is 2.18 bits per heavy atom. The summed E-state index contributed by atoms with van der Waals surface area (Å²) in [5.41, 5.74) is -0.514. The maximum atomic E-state index is 10.3. The molecule has 17 heavy (non-hydrogen) atoms. The van der Waals surface area contributed by atoms with Crippen LogP contribution in [0.5, 0.6) is 0 Å². The average molecular weight is 248 g/mol. The van der Waals surface area contributed by atoms with E-state index in [1.54, 1.807) is 6.92 Å². The Bertz CT molecular complexity index is 261. The number of ether oxygens (including phenoxy) is 3. The molecule has 0 aromatic rings. The molecule has 1 heterocycles. The fourth-order valence-corrected chi connectivity index (χ4v) is 1.60. The van der Waals surface area contributed by atoms with Crippen molar-refractivity contribution in [2.45, 2.75) is 58.1 Å². The molecule has 0 aromatic carbocycles. The lowest BCUT2D eigenvalue weighted by Crippen LogP contribution is -2.56. The van der Waals surface area contributed by atoms with Gasteiger partial charge in [-0.25, -0.2) is 0 Å². The van der Waals surface area contributed by atoms with Gasteiger partial charge < -0.3 is 24.4 Å². The zero-order chi connectivity index (χ0) is 13.2. The molecular weight excluding hydrogens is 228 g/mol. The molecule has 5 atom stereocenters. The van der Waals surface area contributed by atoms with Gasteiger partial charge in [0.05, 0.1) is 5.60 Å². The molecule has 6 nitrogen and oxygen atoms in total. The van der Waals surface area contributed by atoms with Gasteiger partial charge in [-0.1, -0.05) is 6.92 Å². The smallest absolute Gasteiger partial charge is 0.295 e. The first-order valence-corrected chi connectivity index (χ1v) is 5.55. The first-order valence-electron chi connectivity index (χ1n) is 5.55. The van der Waals surface area contributed by atoms with Crippen molar-refractivity contribution >= 4 is 6.47 Å². The number of aliphatic hydroxyl groups excluding tert-OH is 2. The lowest BCUT2D eigenvalue weighted by Gasteiger charge is -2.42. The summed E-state index contributed by atoms with van der Waals surface area (Å²) in [4.78, 5) is 10.3. The molecule has 0 aliphatic carbocycles. The summed E-state index contributed by atoms with van der Waals surface area (Å²) in [5.74, 6) is -0.513. The maximum absolute atomic E-state index is 10.3. The van der Waals surface area contributed by atoms with E-state index in [0.29, 0.717) is 0 Å². The molecular formula is C11H20O6. The van der Waals surface area contributed by atoms with Crippen molar-refractivity contribution in [3.8, 4) is 0 Å². The van der Waals surface area contributed by atoms with Crippen molar-refractivity contribution in [2.75, 3.05) is 0 Å². The van der Waals surface area contributed by atoms with Gasteiger partial charge in [-0.15, -0.1) is 0 Å². The standard InChI is InChI=1S/C11H20O6/c1-6-7(13)9(15-5-12)16-10(8(6)14)17-11(2,3)4/h5-10,13-14H,1-4H3/t6-,7-,8+,9-,10?/m1/s1. The van der Waals surface area contributed by atoms with Crippen LogP contribution in [-0.2, 0) is 19.0 Å². The SMILES string of the molecule is C[C@@H]1[C@@H](O)[C@H](OC=O)OC(OC(C)(C)C)[C@H]1O.